The molecule has 1 aliphatic heterocycles. The van der Waals surface area contributed by atoms with E-state index in [0.717, 1.165) is 25.9 Å². The van der Waals surface area contributed by atoms with Crippen LogP contribution in [0, 0.1) is 11.5 Å². The van der Waals surface area contributed by atoms with Crippen molar-refractivity contribution in [2.75, 3.05) is 13.1 Å². The van der Waals surface area contributed by atoms with Gasteiger partial charge in [-0.1, -0.05) is 24.3 Å². The molecule has 0 amide bonds. The van der Waals surface area contributed by atoms with Crippen LogP contribution in [-0.2, 0) is 12.8 Å². The molecule has 0 radical (unpaired) electrons. The van der Waals surface area contributed by atoms with Gasteiger partial charge in [0, 0.05) is 13.1 Å². The fourth-order valence-electron chi connectivity index (χ4n) is 1.77. The van der Waals surface area contributed by atoms with Gasteiger partial charge in [-0.2, -0.15) is 5.26 Å². The third-order valence-corrected chi connectivity index (χ3v) is 2.56. The fraction of sp³-hybridized carbons (Fsp3) is 0.364. The summed E-state index contributed by atoms with van der Waals surface area (Å²) in [5, 5.41) is 8.77. The molecule has 0 aliphatic carbocycles. The molecule has 2 heteroatoms. The quantitative estimate of drug-likeness (QED) is 0.555. The maximum absolute atomic E-state index is 8.77. The molecule has 0 aromatic heterocycles. The van der Waals surface area contributed by atoms with E-state index in [1.807, 2.05) is 4.90 Å². The van der Waals surface area contributed by atoms with Crippen molar-refractivity contribution < 1.29 is 0 Å². The van der Waals surface area contributed by atoms with Crippen LogP contribution in [0.3, 0.4) is 0 Å². The van der Waals surface area contributed by atoms with Gasteiger partial charge in [0.25, 0.3) is 0 Å². The van der Waals surface area contributed by atoms with E-state index in [-0.39, 0.29) is 0 Å². The number of nitrogens with zero attached hydrogens (tertiary/aromatic N) is 2. The van der Waals surface area contributed by atoms with Crippen molar-refractivity contribution in [1.82, 2.24) is 4.90 Å². The zero-order valence-corrected chi connectivity index (χ0v) is 7.53. The van der Waals surface area contributed by atoms with Crippen LogP contribution in [0.1, 0.15) is 11.1 Å². The standard InChI is InChI=1S/C11H12N2/c12-9-13-7-5-10-3-1-2-4-11(10)6-8-13/h1-4H,5-8H2. The fourth-order valence-corrected chi connectivity index (χ4v) is 1.77. The number of benzene rings is 1. The molecule has 0 spiro atoms. The molecule has 0 saturated carbocycles. The molecule has 0 unspecified atom stereocenters. The molecular formula is C11H12N2. The second-order valence-corrected chi connectivity index (χ2v) is 3.36. The highest BCUT2D eigenvalue weighted by Gasteiger charge is 2.10. The van der Waals surface area contributed by atoms with E-state index in [9.17, 15) is 0 Å². The monoisotopic (exact) mass is 172 g/mol. The lowest BCUT2D eigenvalue weighted by molar-refractivity contribution is 0.411. The van der Waals surface area contributed by atoms with Gasteiger partial charge in [-0.15, -0.1) is 0 Å². The Hall–Kier alpha value is -1.49. The molecule has 0 fully saturated rings. The number of hydrogen-bond donors (Lipinski definition) is 0. The van der Waals surface area contributed by atoms with Crippen molar-refractivity contribution in [2.24, 2.45) is 0 Å². The van der Waals surface area contributed by atoms with Crippen LogP contribution in [0.15, 0.2) is 24.3 Å². The Morgan fingerprint density at radius 3 is 2.08 bits per heavy atom. The van der Waals surface area contributed by atoms with Gasteiger partial charge in [0.15, 0.2) is 6.19 Å². The Bertz CT molecular complexity index is 311. The van der Waals surface area contributed by atoms with Crippen LogP contribution in [0.2, 0.25) is 0 Å². The summed E-state index contributed by atoms with van der Waals surface area (Å²) in [5.41, 5.74) is 2.81. The Morgan fingerprint density at radius 1 is 1.08 bits per heavy atom. The van der Waals surface area contributed by atoms with Gasteiger partial charge in [0.1, 0.15) is 0 Å². The Morgan fingerprint density at radius 2 is 1.62 bits per heavy atom. The van der Waals surface area contributed by atoms with E-state index < -0.39 is 0 Å². The van der Waals surface area contributed by atoms with Crippen LogP contribution < -0.4 is 0 Å². The van der Waals surface area contributed by atoms with E-state index in [1.54, 1.807) is 0 Å². The summed E-state index contributed by atoms with van der Waals surface area (Å²) in [6, 6.07) is 8.47. The van der Waals surface area contributed by atoms with Gasteiger partial charge in [0.05, 0.1) is 0 Å². The summed E-state index contributed by atoms with van der Waals surface area (Å²) in [6.07, 6.45) is 4.22. The molecule has 0 bridgehead atoms. The second-order valence-electron chi connectivity index (χ2n) is 3.36. The zero-order chi connectivity index (χ0) is 9.10. The van der Waals surface area contributed by atoms with Crippen LogP contribution in [-0.4, -0.2) is 18.0 Å². The summed E-state index contributed by atoms with van der Waals surface area (Å²) in [5.74, 6) is 0. The first kappa shape index (κ1) is 8.12. The van der Waals surface area contributed by atoms with Gasteiger partial charge < -0.3 is 4.90 Å². The van der Waals surface area contributed by atoms with Crippen LogP contribution >= 0.6 is 0 Å². The molecule has 1 aromatic rings. The maximum atomic E-state index is 8.77. The number of fused-ring (bicyclic) bond motifs is 1. The lowest BCUT2D eigenvalue weighted by Crippen LogP contribution is -2.20. The molecular weight excluding hydrogens is 160 g/mol. The summed E-state index contributed by atoms with van der Waals surface area (Å²) in [7, 11) is 0. The van der Waals surface area contributed by atoms with Gasteiger partial charge in [-0.3, -0.25) is 0 Å². The number of nitriles is 1. The molecule has 13 heavy (non-hydrogen) atoms. The SMILES string of the molecule is N#CN1CCc2ccccc2CC1. The van der Waals surface area contributed by atoms with Crippen molar-refractivity contribution in [1.29, 1.82) is 5.26 Å². The summed E-state index contributed by atoms with van der Waals surface area (Å²) in [4.78, 5) is 1.83. The molecule has 2 rings (SSSR count). The highest BCUT2D eigenvalue weighted by atomic mass is 15.1. The second kappa shape index (κ2) is 3.49. The average molecular weight is 172 g/mol. The topological polar surface area (TPSA) is 27.0 Å². The summed E-state index contributed by atoms with van der Waals surface area (Å²) in [6.45, 7) is 1.74. The maximum Gasteiger partial charge on any atom is 0.179 e. The molecule has 0 N–H and O–H groups in total. The summed E-state index contributed by atoms with van der Waals surface area (Å²) < 4.78 is 0. The molecule has 1 aromatic carbocycles. The first-order valence-electron chi connectivity index (χ1n) is 4.61. The zero-order valence-electron chi connectivity index (χ0n) is 7.53. The van der Waals surface area contributed by atoms with Crippen LogP contribution in [0.25, 0.3) is 0 Å². The Labute approximate surface area is 78.4 Å². The highest BCUT2D eigenvalue weighted by Crippen LogP contribution is 2.14. The van der Waals surface area contributed by atoms with E-state index in [1.165, 1.54) is 11.1 Å². The van der Waals surface area contributed by atoms with Gasteiger partial charge >= 0.3 is 0 Å². The first-order valence-corrected chi connectivity index (χ1v) is 4.61. The molecule has 1 aliphatic rings. The van der Waals surface area contributed by atoms with Gasteiger partial charge in [-0.25, -0.2) is 0 Å². The normalized spacial score (nSPS) is 15.8. The van der Waals surface area contributed by atoms with E-state index in [0.29, 0.717) is 0 Å². The van der Waals surface area contributed by atoms with Crippen molar-refractivity contribution in [3.05, 3.63) is 35.4 Å². The summed E-state index contributed by atoms with van der Waals surface area (Å²) >= 11 is 0. The molecule has 1 heterocycles. The lowest BCUT2D eigenvalue weighted by Gasteiger charge is -2.09. The van der Waals surface area contributed by atoms with Crippen LogP contribution in [0.5, 0.6) is 0 Å². The predicted octanol–water partition coefficient (Wildman–Crippen LogP) is 1.57. The third kappa shape index (κ3) is 1.65. The number of rotatable bonds is 0. The van der Waals surface area contributed by atoms with Crippen molar-refractivity contribution >= 4 is 0 Å². The minimum Gasteiger partial charge on any atom is -0.310 e. The number of hydrogen-bond acceptors (Lipinski definition) is 2. The minimum atomic E-state index is 0.869. The Kier molecular flexibility index (Phi) is 2.18. The van der Waals surface area contributed by atoms with Crippen molar-refractivity contribution in [3.8, 4) is 6.19 Å². The first-order chi connectivity index (χ1) is 6.40. The third-order valence-electron chi connectivity index (χ3n) is 2.56. The molecule has 2 nitrogen and oxygen atoms in total. The molecule has 0 saturated heterocycles. The Balaban J connectivity index is 2.22. The predicted molar refractivity (Wildman–Crippen MR) is 51.0 cm³/mol. The van der Waals surface area contributed by atoms with E-state index in [2.05, 4.69) is 30.5 Å². The molecule has 66 valence electrons. The van der Waals surface area contributed by atoms with E-state index in [4.69, 9.17) is 5.26 Å². The highest BCUT2D eigenvalue weighted by molar-refractivity contribution is 5.28. The average Bonchev–Trinajstić information content (AvgIpc) is 2.39. The smallest absolute Gasteiger partial charge is 0.179 e. The van der Waals surface area contributed by atoms with Gasteiger partial charge in [-0.05, 0) is 24.0 Å². The van der Waals surface area contributed by atoms with E-state index >= 15 is 0 Å². The molecule has 0 atom stereocenters. The van der Waals surface area contributed by atoms with Crippen molar-refractivity contribution in [2.45, 2.75) is 12.8 Å². The van der Waals surface area contributed by atoms with Crippen molar-refractivity contribution in [3.63, 3.8) is 0 Å². The minimum absolute atomic E-state index is 0.869. The lowest BCUT2D eigenvalue weighted by atomic mass is 10.0. The van der Waals surface area contributed by atoms with Crippen LogP contribution in [0.4, 0.5) is 0 Å². The van der Waals surface area contributed by atoms with Gasteiger partial charge in [0.2, 0.25) is 0 Å². The largest absolute Gasteiger partial charge is 0.310 e.